The van der Waals surface area contributed by atoms with Gasteiger partial charge in [-0.15, -0.1) is 0 Å². The molecular formula is C22H28N6O2. The molecule has 8 nitrogen and oxygen atoms in total. The molecule has 8 heteroatoms. The average Bonchev–Trinajstić information content (AvgIpc) is 3.24. The highest BCUT2D eigenvalue weighted by Gasteiger charge is 2.10. The molecule has 0 spiro atoms. The molecule has 0 aliphatic carbocycles. The van der Waals surface area contributed by atoms with Crippen LogP contribution < -0.4 is 5.43 Å². The Kier molecular flexibility index (Phi) is 8.22. The molecule has 0 unspecified atom stereocenters. The van der Waals surface area contributed by atoms with Gasteiger partial charge >= 0.3 is 0 Å². The summed E-state index contributed by atoms with van der Waals surface area (Å²) in [5, 5.41) is 14.2. The zero-order valence-corrected chi connectivity index (χ0v) is 18.2. The fourth-order valence-electron chi connectivity index (χ4n) is 2.50. The molecule has 0 fully saturated rings. The van der Waals surface area contributed by atoms with Crippen LogP contribution in [0.2, 0.25) is 0 Å². The third-order valence-corrected chi connectivity index (χ3v) is 3.94. The maximum absolute atomic E-state index is 12.3. The van der Waals surface area contributed by atoms with Gasteiger partial charge in [-0.3, -0.25) is 4.79 Å². The quantitative estimate of drug-likeness (QED) is 0.439. The van der Waals surface area contributed by atoms with E-state index in [1.807, 2.05) is 59.1 Å². The highest BCUT2D eigenvalue weighted by atomic mass is 16.5. The summed E-state index contributed by atoms with van der Waals surface area (Å²) < 4.78 is 6.72. The predicted octanol–water partition coefficient (Wildman–Crippen LogP) is 3.49. The van der Waals surface area contributed by atoms with Gasteiger partial charge in [0.25, 0.3) is 0 Å². The molecule has 0 saturated carbocycles. The third kappa shape index (κ3) is 5.97. The zero-order valence-electron chi connectivity index (χ0n) is 18.2. The second kappa shape index (κ2) is 10.8. The molecule has 0 atom stereocenters. The lowest BCUT2D eigenvalue weighted by Gasteiger charge is -2.08. The topological polar surface area (TPSA) is 89.4 Å². The van der Waals surface area contributed by atoms with Gasteiger partial charge in [0, 0.05) is 44.8 Å². The molecule has 2 aromatic heterocycles. The number of rotatable bonds is 7. The number of hydrogen-bond acceptors (Lipinski definition) is 7. The number of hydrazone groups is 1. The monoisotopic (exact) mass is 408 g/mol. The largest absolute Gasteiger partial charge is 0.339 e. The summed E-state index contributed by atoms with van der Waals surface area (Å²) >= 11 is 0. The van der Waals surface area contributed by atoms with Crippen molar-refractivity contribution in [3.63, 3.8) is 0 Å². The number of benzene rings is 1. The standard InChI is InChI=1S/C20H22N6O2.C2H6/c1-5-19-22-20(24-28-19)16-8-6-7-15(11-16)12-17-18(27)9-10-26(23-17)14(2)13-21-25(3)4;1-2/h6-11,13H,2,5,12H2,1,3-4H3;1-2H3/b21-13-;. The molecule has 0 saturated heterocycles. The molecule has 158 valence electrons. The number of aromatic nitrogens is 4. The Bertz CT molecular complexity index is 1070. The Labute approximate surface area is 176 Å². The summed E-state index contributed by atoms with van der Waals surface area (Å²) in [6.07, 6.45) is 4.23. The summed E-state index contributed by atoms with van der Waals surface area (Å²) in [6, 6.07) is 9.16. The first-order valence-electron chi connectivity index (χ1n) is 9.87. The molecule has 1 aromatic carbocycles. The van der Waals surface area contributed by atoms with Gasteiger partial charge < -0.3 is 9.53 Å². The number of allylic oxidation sites excluding steroid dienone is 1. The molecule has 0 radical (unpaired) electrons. The molecule has 0 N–H and O–H groups in total. The Morgan fingerprint density at radius 1 is 1.30 bits per heavy atom. The lowest BCUT2D eigenvalue weighted by Crippen LogP contribution is -2.17. The molecule has 3 rings (SSSR count). The Balaban J connectivity index is 0.00000155. The van der Waals surface area contributed by atoms with E-state index in [0.29, 0.717) is 35.9 Å². The van der Waals surface area contributed by atoms with Crippen molar-refractivity contribution in [2.75, 3.05) is 14.1 Å². The van der Waals surface area contributed by atoms with Crippen molar-refractivity contribution >= 4 is 11.9 Å². The predicted molar refractivity (Wildman–Crippen MR) is 119 cm³/mol. The zero-order chi connectivity index (χ0) is 22.1. The molecule has 0 amide bonds. The third-order valence-electron chi connectivity index (χ3n) is 3.94. The fourth-order valence-corrected chi connectivity index (χ4v) is 2.50. The van der Waals surface area contributed by atoms with E-state index in [9.17, 15) is 4.79 Å². The van der Waals surface area contributed by atoms with Gasteiger partial charge in [0.2, 0.25) is 17.1 Å². The first-order chi connectivity index (χ1) is 14.5. The Morgan fingerprint density at radius 3 is 2.73 bits per heavy atom. The van der Waals surface area contributed by atoms with Crippen LogP contribution in [0.4, 0.5) is 0 Å². The normalized spacial score (nSPS) is 10.6. The van der Waals surface area contributed by atoms with E-state index in [1.54, 1.807) is 22.1 Å². The van der Waals surface area contributed by atoms with Crippen molar-refractivity contribution in [1.82, 2.24) is 24.9 Å². The van der Waals surface area contributed by atoms with E-state index < -0.39 is 0 Å². The van der Waals surface area contributed by atoms with Gasteiger partial charge in [-0.25, -0.2) is 4.68 Å². The maximum Gasteiger partial charge on any atom is 0.226 e. The van der Waals surface area contributed by atoms with Crippen LogP contribution in [-0.4, -0.2) is 45.2 Å². The van der Waals surface area contributed by atoms with E-state index in [4.69, 9.17) is 4.52 Å². The molecule has 30 heavy (non-hydrogen) atoms. The van der Waals surface area contributed by atoms with E-state index in [-0.39, 0.29) is 5.43 Å². The molecule has 0 bridgehead atoms. The molecular weight excluding hydrogens is 380 g/mol. The maximum atomic E-state index is 12.3. The SMILES string of the molecule is C=C(/C=N\N(C)C)n1ccc(=O)c(Cc2cccc(-c3noc(CC)n3)c2)n1.CC. The Morgan fingerprint density at radius 2 is 2.07 bits per heavy atom. The van der Waals surface area contributed by atoms with Crippen LogP contribution in [0.1, 0.15) is 37.9 Å². The van der Waals surface area contributed by atoms with Crippen LogP contribution in [0.5, 0.6) is 0 Å². The minimum atomic E-state index is -0.133. The first kappa shape index (κ1) is 22.7. The second-order valence-electron chi connectivity index (χ2n) is 6.40. The molecule has 0 aliphatic rings. The number of aryl methyl sites for hydroxylation is 1. The summed E-state index contributed by atoms with van der Waals surface area (Å²) in [7, 11) is 3.63. The first-order valence-corrected chi connectivity index (χ1v) is 9.87. The van der Waals surface area contributed by atoms with Crippen molar-refractivity contribution in [3.8, 4) is 11.4 Å². The fraction of sp³-hybridized carbons (Fsp3) is 0.318. The van der Waals surface area contributed by atoms with Gasteiger partial charge in [-0.1, -0.05) is 50.7 Å². The van der Waals surface area contributed by atoms with Gasteiger partial charge in [-0.2, -0.15) is 15.2 Å². The highest BCUT2D eigenvalue weighted by molar-refractivity contribution is 6.00. The van der Waals surface area contributed by atoms with Gasteiger partial charge in [0.15, 0.2) is 0 Å². The second-order valence-corrected chi connectivity index (χ2v) is 6.40. The van der Waals surface area contributed by atoms with Gasteiger partial charge in [0.1, 0.15) is 5.69 Å². The van der Waals surface area contributed by atoms with Crippen molar-refractivity contribution in [2.24, 2.45) is 5.10 Å². The van der Waals surface area contributed by atoms with Gasteiger partial charge in [0.05, 0.1) is 11.9 Å². The van der Waals surface area contributed by atoms with E-state index in [2.05, 4.69) is 26.9 Å². The lowest BCUT2D eigenvalue weighted by molar-refractivity contribution is 0.383. The van der Waals surface area contributed by atoms with Crippen LogP contribution in [0.15, 0.2) is 57.5 Å². The van der Waals surface area contributed by atoms with Crippen molar-refractivity contribution in [3.05, 3.63) is 70.5 Å². The molecule has 2 heterocycles. The van der Waals surface area contributed by atoms with Crippen LogP contribution in [0.25, 0.3) is 17.1 Å². The summed E-state index contributed by atoms with van der Waals surface area (Å²) in [5.41, 5.74) is 2.60. The van der Waals surface area contributed by atoms with Crippen molar-refractivity contribution < 1.29 is 4.52 Å². The molecule has 3 aromatic rings. The van der Waals surface area contributed by atoms with E-state index in [0.717, 1.165) is 11.1 Å². The minimum absolute atomic E-state index is 0.133. The van der Waals surface area contributed by atoms with Crippen molar-refractivity contribution in [2.45, 2.75) is 33.6 Å². The Hall–Kier alpha value is -3.55. The number of hydrogen-bond donors (Lipinski definition) is 0. The number of nitrogens with zero attached hydrogens (tertiary/aromatic N) is 6. The van der Waals surface area contributed by atoms with Crippen molar-refractivity contribution in [1.29, 1.82) is 0 Å². The van der Waals surface area contributed by atoms with Crippen LogP contribution in [0.3, 0.4) is 0 Å². The molecule has 0 aliphatic heterocycles. The van der Waals surface area contributed by atoms with Crippen LogP contribution in [-0.2, 0) is 12.8 Å². The van der Waals surface area contributed by atoms with E-state index in [1.165, 1.54) is 6.07 Å². The summed E-state index contributed by atoms with van der Waals surface area (Å²) in [6.45, 7) is 9.89. The van der Waals surface area contributed by atoms with Gasteiger partial charge in [-0.05, 0) is 11.6 Å². The summed E-state index contributed by atoms with van der Waals surface area (Å²) in [4.78, 5) is 16.6. The average molecular weight is 409 g/mol. The smallest absolute Gasteiger partial charge is 0.226 e. The van der Waals surface area contributed by atoms with E-state index >= 15 is 0 Å². The minimum Gasteiger partial charge on any atom is -0.339 e. The lowest BCUT2D eigenvalue weighted by atomic mass is 10.1. The van der Waals surface area contributed by atoms with Crippen LogP contribution in [0, 0.1) is 0 Å². The highest BCUT2D eigenvalue weighted by Crippen LogP contribution is 2.18. The van der Waals surface area contributed by atoms with Crippen LogP contribution >= 0.6 is 0 Å². The summed E-state index contributed by atoms with van der Waals surface area (Å²) in [5.74, 6) is 1.12.